The lowest BCUT2D eigenvalue weighted by Crippen LogP contribution is -2.17. The maximum absolute atomic E-state index is 11.1. The molecule has 0 saturated carbocycles. The van der Waals surface area contributed by atoms with E-state index < -0.39 is 5.97 Å². The first-order valence-corrected chi connectivity index (χ1v) is 6.27. The standard InChI is InChI=1S/C13H8ClNO6/c14-7-3-6(5-16)11-12(20-2-1-19-11)10(7)9-4-8(13(17)18)15-21-9/h3-5H,1-2H2,(H,17,18). The summed E-state index contributed by atoms with van der Waals surface area (Å²) in [5, 5.41) is 12.5. The summed E-state index contributed by atoms with van der Waals surface area (Å²) >= 11 is 6.14. The van der Waals surface area contributed by atoms with Gasteiger partial charge >= 0.3 is 5.97 Å². The number of aldehydes is 1. The van der Waals surface area contributed by atoms with E-state index in [1.165, 1.54) is 12.1 Å². The van der Waals surface area contributed by atoms with Crippen molar-refractivity contribution in [1.29, 1.82) is 0 Å². The molecule has 8 heteroatoms. The number of carbonyl (C=O) groups excluding carboxylic acids is 1. The minimum absolute atomic E-state index is 0.122. The second-order valence-electron chi connectivity index (χ2n) is 4.18. The van der Waals surface area contributed by atoms with Crippen molar-refractivity contribution in [3.05, 3.63) is 28.4 Å². The third kappa shape index (κ3) is 2.21. The van der Waals surface area contributed by atoms with Crippen LogP contribution in [0.3, 0.4) is 0 Å². The lowest BCUT2D eigenvalue weighted by atomic mass is 10.1. The first-order chi connectivity index (χ1) is 10.1. The Morgan fingerprint density at radius 1 is 1.29 bits per heavy atom. The molecule has 3 rings (SSSR count). The highest BCUT2D eigenvalue weighted by Gasteiger charge is 2.27. The Bertz CT molecular complexity index is 739. The summed E-state index contributed by atoms with van der Waals surface area (Å²) < 4.78 is 15.9. The molecule has 1 aromatic carbocycles. The molecule has 1 N–H and O–H groups in total. The van der Waals surface area contributed by atoms with Crippen LogP contribution >= 0.6 is 11.6 Å². The molecule has 1 aliphatic heterocycles. The van der Waals surface area contributed by atoms with E-state index in [1.54, 1.807) is 0 Å². The van der Waals surface area contributed by atoms with E-state index in [-0.39, 0.29) is 40.1 Å². The fourth-order valence-corrected chi connectivity index (χ4v) is 2.31. The van der Waals surface area contributed by atoms with Crippen LogP contribution in [0.5, 0.6) is 11.5 Å². The van der Waals surface area contributed by atoms with Gasteiger partial charge in [-0.1, -0.05) is 16.8 Å². The average molecular weight is 310 g/mol. The van der Waals surface area contributed by atoms with Crippen LogP contribution in [-0.4, -0.2) is 35.7 Å². The van der Waals surface area contributed by atoms with Gasteiger partial charge in [-0.3, -0.25) is 4.79 Å². The summed E-state index contributed by atoms with van der Waals surface area (Å²) in [4.78, 5) is 21.9. The number of fused-ring (bicyclic) bond motifs is 1. The molecule has 1 aromatic heterocycles. The molecule has 0 aliphatic carbocycles. The number of halogens is 1. The fraction of sp³-hybridized carbons (Fsp3) is 0.154. The Labute approximate surface area is 123 Å². The maximum atomic E-state index is 11.1. The van der Waals surface area contributed by atoms with Gasteiger partial charge in [0.1, 0.15) is 13.2 Å². The van der Waals surface area contributed by atoms with Crippen LogP contribution in [0.4, 0.5) is 0 Å². The van der Waals surface area contributed by atoms with E-state index >= 15 is 0 Å². The van der Waals surface area contributed by atoms with Crippen molar-refractivity contribution in [2.24, 2.45) is 0 Å². The van der Waals surface area contributed by atoms with Gasteiger partial charge < -0.3 is 19.1 Å². The zero-order valence-corrected chi connectivity index (χ0v) is 11.2. The smallest absolute Gasteiger partial charge is 0.358 e. The summed E-state index contributed by atoms with van der Waals surface area (Å²) in [6.45, 7) is 0.574. The molecule has 21 heavy (non-hydrogen) atoms. The normalized spacial score (nSPS) is 13.0. The molecule has 7 nitrogen and oxygen atoms in total. The van der Waals surface area contributed by atoms with Crippen LogP contribution < -0.4 is 9.47 Å². The van der Waals surface area contributed by atoms with Crippen LogP contribution in [0.2, 0.25) is 5.02 Å². The van der Waals surface area contributed by atoms with Gasteiger partial charge in [0.15, 0.2) is 29.2 Å². The van der Waals surface area contributed by atoms with Gasteiger partial charge in [-0.15, -0.1) is 0 Å². The van der Waals surface area contributed by atoms with Crippen LogP contribution in [0.25, 0.3) is 11.3 Å². The molecule has 0 spiro atoms. The molecule has 0 atom stereocenters. The van der Waals surface area contributed by atoms with Crippen molar-refractivity contribution in [1.82, 2.24) is 5.16 Å². The van der Waals surface area contributed by atoms with Crippen LogP contribution in [-0.2, 0) is 0 Å². The van der Waals surface area contributed by atoms with Gasteiger partial charge in [-0.05, 0) is 6.07 Å². The van der Waals surface area contributed by atoms with E-state index in [9.17, 15) is 9.59 Å². The van der Waals surface area contributed by atoms with E-state index in [0.717, 1.165) is 0 Å². The molecule has 2 aromatic rings. The van der Waals surface area contributed by atoms with E-state index in [2.05, 4.69) is 5.16 Å². The summed E-state index contributed by atoms with van der Waals surface area (Å²) in [6.07, 6.45) is 0.603. The summed E-state index contributed by atoms with van der Waals surface area (Å²) in [6, 6.07) is 2.63. The molecule has 0 fully saturated rings. The third-order valence-corrected chi connectivity index (χ3v) is 3.19. The first-order valence-electron chi connectivity index (χ1n) is 5.89. The van der Waals surface area contributed by atoms with Gasteiger partial charge in [0.25, 0.3) is 0 Å². The Kier molecular flexibility index (Phi) is 3.26. The Morgan fingerprint density at radius 3 is 2.62 bits per heavy atom. The zero-order valence-electron chi connectivity index (χ0n) is 10.5. The molecule has 0 bridgehead atoms. The first kappa shape index (κ1) is 13.4. The number of ether oxygens (including phenoxy) is 2. The number of hydrogen-bond acceptors (Lipinski definition) is 6. The van der Waals surface area contributed by atoms with E-state index in [4.69, 9.17) is 30.7 Å². The summed E-state index contributed by atoms with van der Waals surface area (Å²) in [7, 11) is 0. The van der Waals surface area contributed by atoms with E-state index in [1.807, 2.05) is 0 Å². The van der Waals surface area contributed by atoms with Gasteiger partial charge in [-0.2, -0.15) is 0 Å². The number of rotatable bonds is 3. The molecule has 0 amide bonds. The van der Waals surface area contributed by atoms with Gasteiger partial charge in [0, 0.05) is 6.07 Å². The quantitative estimate of drug-likeness (QED) is 0.868. The Morgan fingerprint density at radius 2 is 2.00 bits per heavy atom. The highest BCUT2D eigenvalue weighted by molar-refractivity contribution is 6.34. The number of hydrogen-bond donors (Lipinski definition) is 1. The number of nitrogens with zero attached hydrogens (tertiary/aromatic N) is 1. The Hall–Kier alpha value is -2.54. The second-order valence-corrected chi connectivity index (χ2v) is 4.58. The maximum Gasteiger partial charge on any atom is 0.358 e. The predicted molar refractivity (Wildman–Crippen MR) is 70.3 cm³/mol. The average Bonchev–Trinajstić information content (AvgIpc) is 2.96. The molecular formula is C13H8ClNO6. The monoisotopic (exact) mass is 309 g/mol. The summed E-state index contributed by atoms with van der Waals surface area (Å²) in [5.74, 6) is -0.610. The lowest BCUT2D eigenvalue weighted by Gasteiger charge is -2.22. The van der Waals surface area contributed by atoms with Gasteiger partial charge in [0.2, 0.25) is 0 Å². The molecule has 2 heterocycles. The largest absolute Gasteiger partial charge is 0.485 e. The van der Waals surface area contributed by atoms with E-state index in [0.29, 0.717) is 18.5 Å². The van der Waals surface area contributed by atoms with Crippen molar-refractivity contribution in [3.8, 4) is 22.8 Å². The van der Waals surface area contributed by atoms with Crippen LogP contribution in [0.15, 0.2) is 16.7 Å². The summed E-state index contributed by atoms with van der Waals surface area (Å²) in [5.41, 5.74) is 0.291. The minimum atomic E-state index is -1.23. The number of carboxylic acids is 1. The van der Waals surface area contributed by atoms with Gasteiger partial charge in [0.05, 0.1) is 16.1 Å². The number of aromatic carboxylic acids is 1. The molecule has 0 radical (unpaired) electrons. The predicted octanol–water partition coefficient (Wildman–Crippen LogP) is 2.28. The van der Waals surface area contributed by atoms with Crippen molar-refractivity contribution in [2.75, 3.05) is 13.2 Å². The van der Waals surface area contributed by atoms with Crippen molar-refractivity contribution >= 4 is 23.9 Å². The van der Waals surface area contributed by atoms with Crippen LogP contribution in [0.1, 0.15) is 20.8 Å². The van der Waals surface area contributed by atoms with Crippen molar-refractivity contribution < 1.29 is 28.7 Å². The molecule has 0 unspecified atom stereocenters. The lowest BCUT2D eigenvalue weighted by molar-refractivity contribution is 0.0685. The highest BCUT2D eigenvalue weighted by atomic mass is 35.5. The van der Waals surface area contributed by atoms with Crippen LogP contribution in [0, 0.1) is 0 Å². The van der Waals surface area contributed by atoms with Gasteiger partial charge in [-0.25, -0.2) is 4.79 Å². The van der Waals surface area contributed by atoms with Crippen molar-refractivity contribution in [3.63, 3.8) is 0 Å². The third-order valence-electron chi connectivity index (χ3n) is 2.90. The minimum Gasteiger partial charge on any atom is -0.485 e. The SMILES string of the molecule is O=Cc1cc(Cl)c(-c2cc(C(=O)O)no2)c2c1OCCO2. The number of benzene rings is 1. The number of carboxylic acid groups (broad SMARTS) is 1. The van der Waals surface area contributed by atoms with Crippen molar-refractivity contribution in [2.45, 2.75) is 0 Å². The number of aromatic nitrogens is 1. The molecule has 1 aliphatic rings. The number of carbonyl (C=O) groups is 2. The molecule has 108 valence electrons. The highest BCUT2D eigenvalue weighted by Crippen LogP contribution is 2.46. The molecule has 0 saturated heterocycles. The zero-order chi connectivity index (χ0) is 15.0. The topological polar surface area (TPSA) is 98.9 Å². The Balaban J connectivity index is 2.21. The second kappa shape index (κ2) is 5.10. The fourth-order valence-electron chi connectivity index (χ4n) is 2.01. The molecular weight excluding hydrogens is 302 g/mol.